The van der Waals surface area contributed by atoms with Gasteiger partial charge in [0.05, 0.1) is 19.1 Å². The van der Waals surface area contributed by atoms with Crippen molar-refractivity contribution in [1.29, 1.82) is 0 Å². The molecule has 0 aliphatic carbocycles. The monoisotopic (exact) mass is 358 g/mol. The van der Waals surface area contributed by atoms with Crippen LogP contribution in [0.2, 0.25) is 0 Å². The summed E-state index contributed by atoms with van der Waals surface area (Å²) < 4.78 is 32.6. The first-order valence-corrected chi connectivity index (χ1v) is 8.24. The Bertz CT molecular complexity index is 820. The Morgan fingerprint density at radius 3 is 2.62 bits per heavy atom. The largest absolute Gasteiger partial charge is 0.471 e. The highest BCUT2D eigenvalue weighted by atomic mass is 19.1. The van der Waals surface area contributed by atoms with E-state index in [0.717, 1.165) is 6.07 Å². The molecule has 2 aliphatic heterocycles. The Morgan fingerprint density at radius 1 is 1.15 bits per heavy atom. The molecule has 0 N–H and O–H groups in total. The maximum atomic E-state index is 13.5. The summed E-state index contributed by atoms with van der Waals surface area (Å²) in [6.45, 7) is 0.817. The van der Waals surface area contributed by atoms with Crippen LogP contribution in [-0.2, 0) is 0 Å². The van der Waals surface area contributed by atoms with Gasteiger partial charge in [0.1, 0.15) is 17.7 Å². The average molecular weight is 358 g/mol. The number of benzene rings is 1. The highest BCUT2D eigenvalue weighted by Crippen LogP contribution is 2.31. The third kappa shape index (κ3) is 3.22. The Balaban J connectivity index is 1.39. The number of urea groups is 1. The predicted octanol–water partition coefficient (Wildman–Crippen LogP) is 2.98. The molecular weight excluding hydrogens is 342 g/mol. The van der Waals surface area contributed by atoms with Crippen molar-refractivity contribution < 1.29 is 18.3 Å². The molecule has 1 fully saturated rings. The van der Waals surface area contributed by atoms with Crippen molar-refractivity contribution >= 4 is 12.2 Å². The number of hydrogen-bond acceptors (Lipinski definition) is 4. The number of rotatable bonds is 3. The molecule has 0 saturated carbocycles. The first kappa shape index (κ1) is 16.4. The number of halogens is 2. The fourth-order valence-electron chi connectivity index (χ4n) is 3.04. The van der Waals surface area contributed by atoms with E-state index in [9.17, 15) is 13.6 Å². The fraction of sp³-hybridized carbons (Fsp3) is 0.278. The minimum absolute atomic E-state index is 0.134. The lowest BCUT2D eigenvalue weighted by atomic mass is 10.0. The van der Waals surface area contributed by atoms with Crippen LogP contribution in [0.4, 0.5) is 13.6 Å². The lowest BCUT2D eigenvalue weighted by Gasteiger charge is -2.40. The maximum absolute atomic E-state index is 13.5. The van der Waals surface area contributed by atoms with Crippen LogP contribution < -0.4 is 4.74 Å². The smallest absolute Gasteiger partial charge is 0.341 e. The number of carbonyl (C=O) groups excluding carboxylic acids is 1. The second kappa shape index (κ2) is 6.70. The first-order valence-electron chi connectivity index (χ1n) is 8.24. The standard InChI is InChI=1S/C18H16F2N4O2/c19-13-7-12(8-14(20)9-13)16-4-6-22-24(16)18(25)23-10-15(11-23)26-17-3-1-2-5-21-17/h1-3,5-9,15-16H,4,10-11H2. The third-order valence-corrected chi connectivity index (χ3v) is 4.34. The number of ether oxygens (including phenoxy) is 1. The van der Waals surface area contributed by atoms with E-state index < -0.39 is 17.7 Å². The minimum atomic E-state index is -0.674. The number of amides is 2. The van der Waals surface area contributed by atoms with Crippen molar-refractivity contribution in [3.8, 4) is 5.88 Å². The van der Waals surface area contributed by atoms with Gasteiger partial charge in [0, 0.05) is 31.0 Å². The molecule has 0 radical (unpaired) electrons. The van der Waals surface area contributed by atoms with Gasteiger partial charge in [-0.15, -0.1) is 0 Å². The van der Waals surface area contributed by atoms with Crippen LogP contribution in [-0.4, -0.2) is 46.3 Å². The second-order valence-electron chi connectivity index (χ2n) is 6.19. The molecule has 8 heteroatoms. The van der Waals surface area contributed by atoms with Crippen molar-refractivity contribution in [2.24, 2.45) is 5.10 Å². The van der Waals surface area contributed by atoms with Crippen molar-refractivity contribution in [3.63, 3.8) is 0 Å². The molecule has 1 saturated heterocycles. The van der Waals surface area contributed by atoms with Gasteiger partial charge < -0.3 is 9.64 Å². The van der Waals surface area contributed by atoms with Crippen LogP contribution in [0, 0.1) is 11.6 Å². The molecule has 6 nitrogen and oxygen atoms in total. The summed E-state index contributed by atoms with van der Waals surface area (Å²) in [5.74, 6) is -0.837. The number of pyridine rings is 1. The molecule has 4 rings (SSSR count). The zero-order chi connectivity index (χ0) is 18.1. The summed E-state index contributed by atoms with van der Waals surface area (Å²) in [5.41, 5.74) is 0.384. The van der Waals surface area contributed by atoms with Crippen LogP contribution in [0.5, 0.6) is 5.88 Å². The molecule has 1 aromatic carbocycles. The lowest BCUT2D eigenvalue weighted by Crippen LogP contribution is -2.58. The van der Waals surface area contributed by atoms with E-state index in [2.05, 4.69) is 10.1 Å². The molecule has 2 aliphatic rings. The van der Waals surface area contributed by atoms with E-state index >= 15 is 0 Å². The molecule has 2 amide bonds. The lowest BCUT2D eigenvalue weighted by molar-refractivity contribution is 0.0252. The van der Waals surface area contributed by atoms with Crippen LogP contribution in [0.15, 0.2) is 47.7 Å². The summed E-state index contributed by atoms with van der Waals surface area (Å²) >= 11 is 0. The van der Waals surface area contributed by atoms with E-state index in [-0.39, 0.29) is 12.1 Å². The predicted molar refractivity (Wildman–Crippen MR) is 89.7 cm³/mol. The van der Waals surface area contributed by atoms with E-state index in [1.54, 1.807) is 29.4 Å². The molecule has 1 unspecified atom stereocenters. The van der Waals surface area contributed by atoms with Gasteiger partial charge in [-0.3, -0.25) is 0 Å². The van der Waals surface area contributed by atoms with Crippen molar-refractivity contribution in [2.45, 2.75) is 18.6 Å². The number of nitrogens with zero attached hydrogens (tertiary/aromatic N) is 4. The van der Waals surface area contributed by atoms with Crippen molar-refractivity contribution in [1.82, 2.24) is 14.9 Å². The number of aromatic nitrogens is 1. The molecule has 0 spiro atoms. The van der Waals surface area contributed by atoms with Gasteiger partial charge in [-0.05, 0) is 23.8 Å². The van der Waals surface area contributed by atoms with E-state index in [1.165, 1.54) is 17.1 Å². The molecule has 26 heavy (non-hydrogen) atoms. The van der Waals surface area contributed by atoms with Gasteiger partial charge in [-0.2, -0.15) is 5.10 Å². The van der Waals surface area contributed by atoms with Crippen molar-refractivity contribution in [3.05, 3.63) is 59.8 Å². The Morgan fingerprint density at radius 2 is 1.92 bits per heavy atom. The Labute approximate surface area is 148 Å². The quantitative estimate of drug-likeness (QED) is 0.848. The summed E-state index contributed by atoms with van der Waals surface area (Å²) in [5, 5.41) is 5.35. The summed E-state index contributed by atoms with van der Waals surface area (Å²) in [7, 11) is 0. The normalized spacial score (nSPS) is 19.5. The van der Waals surface area contributed by atoms with Gasteiger partial charge in [-0.25, -0.2) is 23.6 Å². The molecule has 134 valence electrons. The highest BCUT2D eigenvalue weighted by Gasteiger charge is 2.39. The molecule has 2 aromatic rings. The first-order chi connectivity index (χ1) is 12.6. The van der Waals surface area contributed by atoms with Crippen LogP contribution in [0.1, 0.15) is 18.0 Å². The summed E-state index contributed by atoms with van der Waals surface area (Å²) in [6, 6.07) is 7.82. The number of hydrogen-bond donors (Lipinski definition) is 0. The molecular formula is C18H16F2N4O2. The number of carbonyl (C=O) groups is 1. The Hall–Kier alpha value is -3.03. The molecule has 1 atom stereocenters. The zero-order valence-electron chi connectivity index (χ0n) is 13.8. The summed E-state index contributed by atoms with van der Waals surface area (Å²) in [6.07, 6.45) is 3.49. The van der Waals surface area contributed by atoms with Gasteiger partial charge in [0.2, 0.25) is 5.88 Å². The SMILES string of the molecule is O=C(N1CC(Oc2ccccn2)C1)N1N=CCC1c1cc(F)cc(F)c1. The molecule has 0 bridgehead atoms. The Kier molecular flexibility index (Phi) is 4.24. The number of hydrazone groups is 1. The van der Waals surface area contributed by atoms with Crippen LogP contribution >= 0.6 is 0 Å². The third-order valence-electron chi connectivity index (χ3n) is 4.34. The average Bonchev–Trinajstić information content (AvgIpc) is 3.07. The van der Waals surface area contributed by atoms with E-state index in [0.29, 0.717) is 31.0 Å². The maximum Gasteiger partial charge on any atom is 0.341 e. The van der Waals surface area contributed by atoms with Gasteiger partial charge in [0.15, 0.2) is 0 Å². The minimum Gasteiger partial charge on any atom is -0.471 e. The summed E-state index contributed by atoms with van der Waals surface area (Å²) in [4.78, 5) is 18.3. The van der Waals surface area contributed by atoms with Crippen LogP contribution in [0.3, 0.4) is 0 Å². The van der Waals surface area contributed by atoms with E-state index in [4.69, 9.17) is 4.74 Å². The molecule has 3 heterocycles. The fourth-order valence-corrected chi connectivity index (χ4v) is 3.04. The van der Waals surface area contributed by atoms with Crippen LogP contribution in [0.25, 0.3) is 0 Å². The highest BCUT2D eigenvalue weighted by molar-refractivity contribution is 5.79. The zero-order valence-corrected chi connectivity index (χ0v) is 13.8. The van der Waals surface area contributed by atoms with Crippen molar-refractivity contribution in [2.75, 3.05) is 13.1 Å². The topological polar surface area (TPSA) is 58.0 Å². The van der Waals surface area contributed by atoms with Gasteiger partial charge in [-0.1, -0.05) is 6.07 Å². The van der Waals surface area contributed by atoms with E-state index in [1.807, 2.05) is 6.07 Å². The van der Waals surface area contributed by atoms with Gasteiger partial charge in [0.25, 0.3) is 0 Å². The van der Waals surface area contributed by atoms with Gasteiger partial charge >= 0.3 is 6.03 Å². The second-order valence-corrected chi connectivity index (χ2v) is 6.19. The molecule has 1 aromatic heterocycles. The number of likely N-dealkylation sites (tertiary alicyclic amines) is 1.